The van der Waals surface area contributed by atoms with Crippen molar-refractivity contribution in [1.29, 1.82) is 0 Å². The third-order valence-electron chi connectivity index (χ3n) is 4.01. The molecular weight excluding hydrogens is 330 g/mol. The molecule has 3 rings (SSSR count). The third kappa shape index (κ3) is 2.57. The van der Waals surface area contributed by atoms with Gasteiger partial charge in [0.2, 0.25) is 0 Å². The molecule has 0 N–H and O–H groups in total. The lowest BCUT2D eigenvalue weighted by Gasteiger charge is -2.08. The fourth-order valence-corrected chi connectivity index (χ4v) is 2.69. The Morgan fingerprint density at radius 1 is 1.24 bits per heavy atom. The van der Waals surface area contributed by atoms with E-state index < -0.39 is 16.2 Å². The van der Waals surface area contributed by atoms with Gasteiger partial charge in [-0.05, 0) is 11.6 Å². The molecule has 0 saturated carbocycles. The number of imidazole rings is 1. The fraction of sp³-hybridized carbons (Fsp3) is 0.267. The van der Waals surface area contributed by atoms with Crippen LogP contribution in [0.5, 0.6) is 5.75 Å². The van der Waals surface area contributed by atoms with Crippen LogP contribution in [0.3, 0.4) is 0 Å². The van der Waals surface area contributed by atoms with Crippen LogP contribution < -0.4 is 16.0 Å². The summed E-state index contributed by atoms with van der Waals surface area (Å²) in [5.41, 5.74) is 0.00746. The van der Waals surface area contributed by atoms with Crippen LogP contribution in [-0.2, 0) is 20.6 Å². The molecule has 0 spiro atoms. The zero-order valence-corrected chi connectivity index (χ0v) is 13.8. The number of fused-ring (bicyclic) bond motifs is 1. The van der Waals surface area contributed by atoms with Gasteiger partial charge in [0.25, 0.3) is 5.56 Å². The minimum absolute atomic E-state index is 0.155. The van der Waals surface area contributed by atoms with Gasteiger partial charge in [-0.3, -0.25) is 24.0 Å². The summed E-state index contributed by atoms with van der Waals surface area (Å²) in [6, 6.07) is 4.56. The van der Waals surface area contributed by atoms with Crippen LogP contribution in [0.2, 0.25) is 0 Å². The van der Waals surface area contributed by atoms with Gasteiger partial charge in [-0.15, -0.1) is 0 Å². The van der Waals surface area contributed by atoms with Crippen molar-refractivity contribution in [2.24, 2.45) is 14.1 Å². The number of nitrogens with zero attached hydrogens (tertiary/aromatic N) is 5. The summed E-state index contributed by atoms with van der Waals surface area (Å²) >= 11 is 0. The Morgan fingerprint density at radius 2 is 1.96 bits per heavy atom. The summed E-state index contributed by atoms with van der Waals surface area (Å²) in [5, 5.41) is 11.1. The van der Waals surface area contributed by atoms with Gasteiger partial charge in [-0.25, -0.2) is 9.78 Å². The minimum atomic E-state index is -0.531. The number of aromatic nitrogens is 4. The van der Waals surface area contributed by atoms with Gasteiger partial charge < -0.3 is 9.30 Å². The van der Waals surface area contributed by atoms with E-state index in [1.165, 1.54) is 44.2 Å². The molecule has 10 heteroatoms. The van der Waals surface area contributed by atoms with E-state index in [1.54, 1.807) is 10.6 Å². The molecule has 0 bridgehead atoms. The summed E-state index contributed by atoms with van der Waals surface area (Å²) in [5.74, 6) is 0.155. The molecule has 0 saturated heterocycles. The highest BCUT2D eigenvalue weighted by Gasteiger charge is 2.17. The smallest absolute Gasteiger partial charge is 0.332 e. The third-order valence-corrected chi connectivity index (χ3v) is 4.01. The van der Waals surface area contributed by atoms with Crippen molar-refractivity contribution in [3.05, 3.63) is 61.0 Å². The van der Waals surface area contributed by atoms with Gasteiger partial charge >= 0.3 is 11.4 Å². The molecule has 3 aromatic rings. The van der Waals surface area contributed by atoms with Crippen molar-refractivity contribution in [1.82, 2.24) is 18.7 Å². The van der Waals surface area contributed by atoms with E-state index in [9.17, 15) is 19.7 Å². The summed E-state index contributed by atoms with van der Waals surface area (Å²) in [6.45, 7) is 0.189. The predicted molar refractivity (Wildman–Crippen MR) is 89.0 cm³/mol. The minimum Gasteiger partial charge on any atom is -0.490 e. The number of methoxy groups -OCH3 is 1. The van der Waals surface area contributed by atoms with E-state index in [-0.39, 0.29) is 29.1 Å². The molecule has 0 atom stereocenters. The van der Waals surface area contributed by atoms with E-state index in [0.717, 1.165) is 4.57 Å². The van der Waals surface area contributed by atoms with Crippen molar-refractivity contribution in [2.75, 3.05) is 7.11 Å². The number of aryl methyl sites for hydroxylation is 1. The summed E-state index contributed by atoms with van der Waals surface area (Å²) in [6.07, 6.45) is 1.43. The Hall–Kier alpha value is -3.43. The molecule has 1 aromatic carbocycles. The van der Waals surface area contributed by atoms with Crippen LogP contribution in [0.25, 0.3) is 11.2 Å². The lowest BCUT2D eigenvalue weighted by Crippen LogP contribution is -2.37. The van der Waals surface area contributed by atoms with Gasteiger partial charge in [0.1, 0.15) is 0 Å². The van der Waals surface area contributed by atoms with Crippen LogP contribution >= 0.6 is 0 Å². The summed E-state index contributed by atoms with van der Waals surface area (Å²) in [7, 11) is 4.27. The normalized spacial score (nSPS) is 11.0. The SMILES string of the molecule is COc1ccc(Cn2cnc3c2c(=O)n(C)c(=O)n3C)cc1[N+](=O)[O-]. The number of nitro groups is 1. The second-order valence-electron chi connectivity index (χ2n) is 5.51. The van der Waals surface area contributed by atoms with E-state index in [2.05, 4.69) is 4.98 Å². The molecule has 130 valence electrons. The molecule has 0 radical (unpaired) electrons. The molecule has 2 heterocycles. The second-order valence-corrected chi connectivity index (χ2v) is 5.51. The van der Waals surface area contributed by atoms with Crippen LogP contribution in [0.1, 0.15) is 5.56 Å². The Morgan fingerprint density at radius 3 is 2.60 bits per heavy atom. The highest BCUT2D eigenvalue weighted by atomic mass is 16.6. The Bertz CT molecular complexity index is 1110. The lowest BCUT2D eigenvalue weighted by molar-refractivity contribution is -0.385. The molecule has 0 amide bonds. The summed E-state index contributed by atoms with van der Waals surface area (Å²) < 4.78 is 8.82. The quantitative estimate of drug-likeness (QED) is 0.499. The first-order chi connectivity index (χ1) is 11.8. The molecule has 0 fully saturated rings. The zero-order chi connectivity index (χ0) is 18.3. The van der Waals surface area contributed by atoms with Crippen molar-refractivity contribution >= 4 is 16.9 Å². The number of rotatable bonds is 4. The first kappa shape index (κ1) is 16.4. The fourth-order valence-electron chi connectivity index (χ4n) is 2.69. The van der Waals surface area contributed by atoms with Gasteiger partial charge in [0.05, 0.1) is 18.4 Å². The first-order valence-corrected chi connectivity index (χ1v) is 7.27. The molecule has 0 aliphatic rings. The van der Waals surface area contributed by atoms with E-state index in [0.29, 0.717) is 5.56 Å². The van der Waals surface area contributed by atoms with Crippen molar-refractivity contribution in [3.8, 4) is 5.75 Å². The highest BCUT2D eigenvalue weighted by Crippen LogP contribution is 2.28. The monoisotopic (exact) mass is 345 g/mol. The summed E-state index contributed by atoms with van der Waals surface area (Å²) in [4.78, 5) is 39.1. The Labute approximate surface area is 140 Å². The largest absolute Gasteiger partial charge is 0.490 e. The van der Waals surface area contributed by atoms with Gasteiger partial charge in [-0.2, -0.15) is 0 Å². The topological polar surface area (TPSA) is 114 Å². The number of hydrogen-bond donors (Lipinski definition) is 0. The van der Waals surface area contributed by atoms with Gasteiger partial charge in [-0.1, -0.05) is 6.07 Å². The van der Waals surface area contributed by atoms with Crippen molar-refractivity contribution < 1.29 is 9.66 Å². The van der Waals surface area contributed by atoms with Gasteiger partial charge in [0.15, 0.2) is 16.9 Å². The molecule has 2 aromatic heterocycles. The molecule has 0 aliphatic heterocycles. The van der Waals surface area contributed by atoms with E-state index >= 15 is 0 Å². The molecule has 10 nitrogen and oxygen atoms in total. The number of hydrogen-bond acceptors (Lipinski definition) is 6. The number of nitro benzene ring substituents is 1. The Balaban J connectivity index is 2.14. The second kappa shape index (κ2) is 5.89. The number of benzene rings is 1. The van der Waals surface area contributed by atoms with Crippen LogP contribution in [0.4, 0.5) is 5.69 Å². The highest BCUT2D eigenvalue weighted by molar-refractivity contribution is 5.70. The van der Waals surface area contributed by atoms with Crippen LogP contribution in [0, 0.1) is 10.1 Å². The maximum atomic E-state index is 12.4. The van der Waals surface area contributed by atoms with Crippen molar-refractivity contribution in [3.63, 3.8) is 0 Å². The standard InChI is InChI=1S/C15H15N5O5/c1-17-13-12(14(21)18(2)15(17)22)19(8-16-13)7-9-4-5-11(25-3)10(6-9)20(23)24/h4-6,8H,7H2,1-3H3. The lowest BCUT2D eigenvalue weighted by atomic mass is 10.2. The van der Waals surface area contributed by atoms with E-state index in [4.69, 9.17) is 4.74 Å². The Kier molecular flexibility index (Phi) is 3.87. The zero-order valence-electron chi connectivity index (χ0n) is 13.8. The van der Waals surface area contributed by atoms with E-state index in [1.807, 2.05) is 0 Å². The van der Waals surface area contributed by atoms with Crippen molar-refractivity contribution in [2.45, 2.75) is 6.54 Å². The molecule has 0 aliphatic carbocycles. The molecule has 0 unspecified atom stereocenters. The van der Waals surface area contributed by atoms with Gasteiger partial charge in [0, 0.05) is 26.7 Å². The average Bonchev–Trinajstić information content (AvgIpc) is 3.01. The van der Waals surface area contributed by atoms with Crippen LogP contribution in [0.15, 0.2) is 34.1 Å². The maximum absolute atomic E-state index is 12.4. The average molecular weight is 345 g/mol. The van der Waals surface area contributed by atoms with Crippen LogP contribution in [-0.4, -0.2) is 30.7 Å². The maximum Gasteiger partial charge on any atom is 0.332 e. The molecular formula is C15H15N5O5. The first-order valence-electron chi connectivity index (χ1n) is 7.27. The molecule has 25 heavy (non-hydrogen) atoms. The number of ether oxygens (including phenoxy) is 1. The predicted octanol–water partition coefficient (Wildman–Crippen LogP) is 0.399.